The molecule has 0 aliphatic rings. The Balaban J connectivity index is 3.22. The maximum absolute atomic E-state index is 10.2. The summed E-state index contributed by atoms with van der Waals surface area (Å²) in [6.07, 6.45) is 15.0. The predicted molar refractivity (Wildman–Crippen MR) is 75.1 cm³/mol. The van der Waals surface area contributed by atoms with E-state index in [9.17, 15) is 9.59 Å². The standard InChI is InChI=1S/C15H24O4/c16-14(17)12-10-8-6-4-2-1-3-5-7-9-11-13-15(18)19/h6-9H,1-5,10-13H2,(H,16,17)(H,18,19). The quantitative estimate of drug-likeness (QED) is 0.417. The molecule has 4 nitrogen and oxygen atoms in total. The number of allylic oxidation sites excluding steroid dienone is 4. The Morgan fingerprint density at radius 2 is 1.00 bits per heavy atom. The SMILES string of the molecule is O=C(O)CCC=CCCCCCC=CCCC(=O)O. The number of carbonyl (C=O) groups is 2. The molecule has 2 N–H and O–H groups in total. The summed E-state index contributed by atoms with van der Waals surface area (Å²) in [7, 11) is 0. The van der Waals surface area contributed by atoms with Gasteiger partial charge >= 0.3 is 11.9 Å². The van der Waals surface area contributed by atoms with Crippen LogP contribution in [0.3, 0.4) is 0 Å². The van der Waals surface area contributed by atoms with Crippen LogP contribution in [0.1, 0.15) is 57.8 Å². The van der Waals surface area contributed by atoms with E-state index in [0.717, 1.165) is 32.1 Å². The van der Waals surface area contributed by atoms with Crippen molar-refractivity contribution >= 4 is 11.9 Å². The monoisotopic (exact) mass is 268 g/mol. The molecule has 4 heteroatoms. The van der Waals surface area contributed by atoms with E-state index in [1.54, 1.807) is 0 Å². The van der Waals surface area contributed by atoms with Crippen LogP contribution in [0.2, 0.25) is 0 Å². The summed E-state index contributed by atoms with van der Waals surface area (Å²) in [6.45, 7) is 0. The molecule has 0 amide bonds. The first-order valence-corrected chi connectivity index (χ1v) is 6.86. The first kappa shape index (κ1) is 17.4. The van der Waals surface area contributed by atoms with Gasteiger partial charge in [0.05, 0.1) is 0 Å². The van der Waals surface area contributed by atoms with Gasteiger partial charge in [-0.1, -0.05) is 30.7 Å². The Bertz CT molecular complexity index is 275. The van der Waals surface area contributed by atoms with Gasteiger partial charge in [-0.25, -0.2) is 0 Å². The van der Waals surface area contributed by atoms with Gasteiger partial charge in [0.1, 0.15) is 0 Å². The zero-order valence-electron chi connectivity index (χ0n) is 11.4. The average Bonchev–Trinajstić information content (AvgIpc) is 2.34. The molecule has 0 radical (unpaired) electrons. The van der Waals surface area contributed by atoms with Gasteiger partial charge < -0.3 is 10.2 Å². The number of rotatable bonds is 12. The molecule has 0 fully saturated rings. The fraction of sp³-hybridized carbons (Fsp3) is 0.600. The molecule has 0 unspecified atom stereocenters. The molecule has 0 aromatic carbocycles. The maximum Gasteiger partial charge on any atom is 0.303 e. The van der Waals surface area contributed by atoms with Crippen LogP contribution < -0.4 is 0 Å². The average molecular weight is 268 g/mol. The summed E-state index contributed by atoms with van der Waals surface area (Å²) >= 11 is 0. The van der Waals surface area contributed by atoms with Crippen molar-refractivity contribution in [3.05, 3.63) is 24.3 Å². The highest BCUT2D eigenvalue weighted by atomic mass is 16.4. The molecule has 108 valence electrons. The first-order chi connectivity index (χ1) is 9.13. The molecule has 0 spiro atoms. The zero-order valence-corrected chi connectivity index (χ0v) is 11.4. The maximum atomic E-state index is 10.2. The minimum atomic E-state index is -0.751. The molecular formula is C15H24O4. The molecule has 0 aromatic heterocycles. The minimum absolute atomic E-state index is 0.206. The van der Waals surface area contributed by atoms with Crippen molar-refractivity contribution in [3.8, 4) is 0 Å². The molecule has 0 saturated heterocycles. The number of hydrogen-bond acceptors (Lipinski definition) is 2. The molecule has 0 rings (SSSR count). The fourth-order valence-electron chi connectivity index (χ4n) is 1.59. The summed E-state index contributed by atoms with van der Waals surface area (Å²) in [5.74, 6) is -1.50. The normalized spacial score (nSPS) is 11.4. The topological polar surface area (TPSA) is 74.6 Å². The second-order valence-electron chi connectivity index (χ2n) is 4.45. The Morgan fingerprint density at radius 1 is 0.632 bits per heavy atom. The third-order valence-electron chi connectivity index (χ3n) is 2.62. The van der Waals surface area contributed by atoms with E-state index in [1.165, 1.54) is 0 Å². The third kappa shape index (κ3) is 16.4. The van der Waals surface area contributed by atoms with Crippen LogP contribution in [0.25, 0.3) is 0 Å². The predicted octanol–water partition coefficient (Wildman–Crippen LogP) is 3.78. The lowest BCUT2D eigenvalue weighted by molar-refractivity contribution is -0.137. The van der Waals surface area contributed by atoms with E-state index >= 15 is 0 Å². The Labute approximate surface area is 114 Å². The van der Waals surface area contributed by atoms with E-state index < -0.39 is 11.9 Å². The van der Waals surface area contributed by atoms with Crippen LogP contribution >= 0.6 is 0 Å². The van der Waals surface area contributed by atoms with Crippen LogP contribution in [0, 0.1) is 0 Å². The van der Waals surface area contributed by atoms with Crippen LogP contribution in [-0.2, 0) is 9.59 Å². The van der Waals surface area contributed by atoms with E-state index in [-0.39, 0.29) is 12.8 Å². The summed E-state index contributed by atoms with van der Waals surface area (Å²) < 4.78 is 0. The Hall–Kier alpha value is -1.58. The summed E-state index contributed by atoms with van der Waals surface area (Å²) in [4.78, 5) is 20.5. The molecule has 0 aliphatic heterocycles. The highest BCUT2D eigenvalue weighted by Crippen LogP contribution is 2.05. The number of unbranched alkanes of at least 4 members (excludes halogenated alkanes) is 4. The number of carboxylic acid groups (broad SMARTS) is 2. The van der Waals surface area contributed by atoms with Gasteiger partial charge in [-0.3, -0.25) is 9.59 Å². The van der Waals surface area contributed by atoms with Crippen LogP contribution in [-0.4, -0.2) is 22.2 Å². The van der Waals surface area contributed by atoms with Gasteiger partial charge in [-0.15, -0.1) is 0 Å². The van der Waals surface area contributed by atoms with Crippen LogP contribution in [0.4, 0.5) is 0 Å². The van der Waals surface area contributed by atoms with Crippen molar-refractivity contribution in [1.29, 1.82) is 0 Å². The van der Waals surface area contributed by atoms with Crippen LogP contribution in [0.5, 0.6) is 0 Å². The van der Waals surface area contributed by atoms with Gasteiger partial charge in [0.15, 0.2) is 0 Å². The van der Waals surface area contributed by atoms with Crippen molar-refractivity contribution in [3.63, 3.8) is 0 Å². The van der Waals surface area contributed by atoms with Gasteiger partial charge in [-0.05, 0) is 38.5 Å². The van der Waals surface area contributed by atoms with Gasteiger partial charge in [0, 0.05) is 12.8 Å². The number of carboxylic acids is 2. The highest BCUT2D eigenvalue weighted by Gasteiger charge is 1.92. The third-order valence-corrected chi connectivity index (χ3v) is 2.62. The fourth-order valence-corrected chi connectivity index (χ4v) is 1.59. The molecule has 0 aromatic rings. The number of aliphatic carboxylic acids is 2. The van der Waals surface area contributed by atoms with E-state index in [0.29, 0.717) is 12.8 Å². The van der Waals surface area contributed by atoms with Crippen molar-refractivity contribution in [2.75, 3.05) is 0 Å². The second-order valence-corrected chi connectivity index (χ2v) is 4.45. The van der Waals surface area contributed by atoms with Gasteiger partial charge in [0.25, 0.3) is 0 Å². The molecule has 0 heterocycles. The lowest BCUT2D eigenvalue weighted by atomic mass is 10.1. The second kappa shape index (κ2) is 12.9. The minimum Gasteiger partial charge on any atom is -0.481 e. The molecule has 0 aliphatic carbocycles. The van der Waals surface area contributed by atoms with Crippen molar-refractivity contribution in [2.24, 2.45) is 0 Å². The van der Waals surface area contributed by atoms with Crippen LogP contribution in [0.15, 0.2) is 24.3 Å². The summed E-state index contributed by atoms with van der Waals surface area (Å²) in [5.41, 5.74) is 0. The van der Waals surface area contributed by atoms with Crippen molar-refractivity contribution < 1.29 is 19.8 Å². The Morgan fingerprint density at radius 3 is 1.37 bits per heavy atom. The molecule has 0 bridgehead atoms. The lowest BCUT2D eigenvalue weighted by Gasteiger charge is -1.95. The van der Waals surface area contributed by atoms with Crippen molar-refractivity contribution in [1.82, 2.24) is 0 Å². The number of hydrogen-bond donors (Lipinski definition) is 2. The smallest absolute Gasteiger partial charge is 0.303 e. The summed E-state index contributed by atoms with van der Waals surface area (Å²) in [5, 5.41) is 16.9. The molecule has 19 heavy (non-hydrogen) atoms. The Kier molecular flexibility index (Phi) is 11.8. The molecule has 0 saturated carbocycles. The molecule has 0 atom stereocenters. The first-order valence-electron chi connectivity index (χ1n) is 6.86. The van der Waals surface area contributed by atoms with Gasteiger partial charge in [0.2, 0.25) is 0 Å². The molecular weight excluding hydrogens is 244 g/mol. The highest BCUT2D eigenvalue weighted by molar-refractivity contribution is 5.67. The van der Waals surface area contributed by atoms with Gasteiger partial charge in [-0.2, -0.15) is 0 Å². The van der Waals surface area contributed by atoms with E-state index in [4.69, 9.17) is 10.2 Å². The van der Waals surface area contributed by atoms with E-state index in [2.05, 4.69) is 0 Å². The lowest BCUT2D eigenvalue weighted by Crippen LogP contribution is -1.91. The largest absolute Gasteiger partial charge is 0.481 e. The zero-order chi connectivity index (χ0) is 14.3. The summed E-state index contributed by atoms with van der Waals surface area (Å²) in [6, 6.07) is 0. The van der Waals surface area contributed by atoms with E-state index in [1.807, 2.05) is 24.3 Å². The van der Waals surface area contributed by atoms with Crippen molar-refractivity contribution in [2.45, 2.75) is 57.8 Å².